The number of ether oxygens (including phenoxy) is 2. The molecule has 0 amide bonds. The maximum absolute atomic E-state index is 10.8. The summed E-state index contributed by atoms with van der Waals surface area (Å²) in [7, 11) is 0. The highest BCUT2D eigenvalue weighted by atomic mass is 16.5. The summed E-state index contributed by atoms with van der Waals surface area (Å²) in [6.07, 6.45) is -0.345. The zero-order valence-corrected chi connectivity index (χ0v) is 16.1. The molecular weight excluding hydrogens is 372 g/mol. The Morgan fingerprint density at radius 2 is 1.83 bits per heavy atom. The number of benzene rings is 2. The van der Waals surface area contributed by atoms with E-state index < -0.39 is 12.1 Å². The number of nitriles is 1. The Morgan fingerprint density at radius 1 is 1.17 bits per heavy atom. The zero-order valence-electron chi connectivity index (χ0n) is 16.1. The van der Waals surface area contributed by atoms with E-state index in [9.17, 15) is 4.79 Å². The second-order valence-corrected chi connectivity index (χ2v) is 6.38. The molecule has 0 aliphatic rings. The van der Waals surface area contributed by atoms with Gasteiger partial charge in [-0.05, 0) is 62.4 Å². The van der Waals surface area contributed by atoms with Gasteiger partial charge >= 0.3 is 5.97 Å². The number of aromatic nitrogens is 1. The number of oxazole rings is 1. The highest BCUT2D eigenvalue weighted by Crippen LogP contribution is 2.23. The van der Waals surface area contributed by atoms with Crippen molar-refractivity contribution in [3.05, 3.63) is 65.5 Å². The third-order valence-corrected chi connectivity index (χ3v) is 4.25. The Labute approximate surface area is 168 Å². The fourth-order valence-electron chi connectivity index (χ4n) is 2.61. The molecule has 3 aromatic rings. The Balaban J connectivity index is 1.56. The van der Waals surface area contributed by atoms with Gasteiger partial charge in [-0.1, -0.05) is 0 Å². The molecule has 3 rings (SSSR count). The van der Waals surface area contributed by atoms with E-state index in [1.807, 2.05) is 6.92 Å². The van der Waals surface area contributed by atoms with Gasteiger partial charge in [0.2, 0.25) is 5.89 Å². The van der Waals surface area contributed by atoms with Crippen molar-refractivity contribution in [2.24, 2.45) is 0 Å². The average Bonchev–Trinajstić information content (AvgIpc) is 3.10. The number of rotatable bonds is 8. The molecular formula is C22H20N2O5. The van der Waals surface area contributed by atoms with Crippen LogP contribution in [0, 0.1) is 18.3 Å². The quantitative estimate of drug-likeness (QED) is 0.618. The predicted molar refractivity (Wildman–Crippen MR) is 105 cm³/mol. The summed E-state index contributed by atoms with van der Waals surface area (Å²) in [6, 6.07) is 15.9. The Hall–Kier alpha value is -3.79. The first kappa shape index (κ1) is 20.0. The lowest BCUT2D eigenvalue weighted by Crippen LogP contribution is -2.22. The summed E-state index contributed by atoms with van der Waals surface area (Å²) in [5, 5.41) is 17.7. The van der Waals surface area contributed by atoms with Crippen molar-refractivity contribution >= 4 is 5.97 Å². The number of nitrogens with zero attached hydrogens (tertiary/aromatic N) is 2. The topological polar surface area (TPSA) is 106 Å². The van der Waals surface area contributed by atoms with Gasteiger partial charge in [0, 0.05) is 12.0 Å². The van der Waals surface area contributed by atoms with Crippen molar-refractivity contribution in [1.82, 2.24) is 4.98 Å². The van der Waals surface area contributed by atoms with Crippen LogP contribution in [-0.4, -0.2) is 28.8 Å². The van der Waals surface area contributed by atoms with Gasteiger partial charge < -0.3 is 19.0 Å². The molecule has 0 bridgehead atoms. The molecule has 29 heavy (non-hydrogen) atoms. The fraction of sp³-hybridized carbons (Fsp3) is 0.227. The molecule has 0 radical (unpaired) electrons. The van der Waals surface area contributed by atoms with Crippen LogP contribution in [0.1, 0.15) is 23.9 Å². The molecule has 0 fully saturated rings. The van der Waals surface area contributed by atoms with Gasteiger partial charge in [0.15, 0.2) is 6.10 Å². The summed E-state index contributed by atoms with van der Waals surface area (Å²) < 4.78 is 16.7. The molecule has 0 aliphatic carbocycles. The average molecular weight is 392 g/mol. The van der Waals surface area contributed by atoms with Gasteiger partial charge in [0.1, 0.15) is 17.3 Å². The SMILES string of the molecule is Cc1oc(-c2ccc(C#N)cc2)nc1CCOc1ccc(OC(C)C(=O)O)cc1. The predicted octanol–water partition coefficient (Wildman–Crippen LogP) is 4.00. The van der Waals surface area contributed by atoms with E-state index in [1.165, 1.54) is 6.92 Å². The second-order valence-electron chi connectivity index (χ2n) is 6.38. The monoisotopic (exact) mass is 392 g/mol. The van der Waals surface area contributed by atoms with Crippen LogP contribution in [0.4, 0.5) is 0 Å². The summed E-state index contributed by atoms with van der Waals surface area (Å²) in [4.78, 5) is 15.3. The summed E-state index contributed by atoms with van der Waals surface area (Å²) >= 11 is 0. The van der Waals surface area contributed by atoms with Crippen molar-refractivity contribution in [2.45, 2.75) is 26.4 Å². The summed E-state index contributed by atoms with van der Waals surface area (Å²) in [6.45, 7) is 3.73. The Morgan fingerprint density at radius 3 is 2.45 bits per heavy atom. The maximum Gasteiger partial charge on any atom is 0.344 e. The van der Waals surface area contributed by atoms with E-state index in [0.717, 1.165) is 17.0 Å². The maximum atomic E-state index is 10.8. The standard InChI is InChI=1S/C22H20N2O5/c1-14-20(24-21(29-14)17-5-3-16(13-23)4-6-17)11-12-27-18-7-9-19(10-8-18)28-15(2)22(25)26/h3-10,15H,11-12H2,1-2H3,(H,25,26). The molecule has 7 nitrogen and oxygen atoms in total. The van der Waals surface area contributed by atoms with Crippen molar-refractivity contribution in [3.63, 3.8) is 0 Å². The van der Waals surface area contributed by atoms with Crippen LogP contribution in [0.25, 0.3) is 11.5 Å². The zero-order chi connectivity index (χ0) is 20.8. The number of aryl methyl sites for hydroxylation is 1. The first-order chi connectivity index (χ1) is 14.0. The molecule has 1 atom stereocenters. The fourth-order valence-corrected chi connectivity index (χ4v) is 2.61. The molecule has 1 aromatic heterocycles. The van der Waals surface area contributed by atoms with Gasteiger partial charge in [-0.25, -0.2) is 9.78 Å². The van der Waals surface area contributed by atoms with E-state index in [1.54, 1.807) is 48.5 Å². The van der Waals surface area contributed by atoms with Gasteiger partial charge in [0.25, 0.3) is 0 Å². The summed E-state index contributed by atoms with van der Waals surface area (Å²) in [5.41, 5.74) is 2.20. The summed E-state index contributed by atoms with van der Waals surface area (Å²) in [5.74, 6) is 1.32. The number of aliphatic carboxylic acids is 1. The molecule has 0 saturated carbocycles. The van der Waals surface area contributed by atoms with Crippen LogP contribution in [0.15, 0.2) is 52.9 Å². The molecule has 148 valence electrons. The van der Waals surface area contributed by atoms with Crippen molar-refractivity contribution in [2.75, 3.05) is 6.61 Å². The molecule has 0 saturated heterocycles. The molecule has 2 aromatic carbocycles. The molecule has 7 heteroatoms. The Kier molecular flexibility index (Phi) is 6.15. The van der Waals surface area contributed by atoms with Gasteiger partial charge in [0.05, 0.1) is 23.9 Å². The van der Waals surface area contributed by atoms with Crippen LogP contribution in [0.3, 0.4) is 0 Å². The van der Waals surface area contributed by atoms with Crippen LogP contribution in [-0.2, 0) is 11.2 Å². The second kappa shape index (κ2) is 8.93. The largest absolute Gasteiger partial charge is 0.493 e. The smallest absolute Gasteiger partial charge is 0.344 e. The van der Waals surface area contributed by atoms with E-state index in [4.69, 9.17) is 24.3 Å². The molecule has 1 unspecified atom stereocenters. The van der Waals surface area contributed by atoms with E-state index in [0.29, 0.717) is 36.0 Å². The lowest BCUT2D eigenvalue weighted by Gasteiger charge is -2.11. The van der Waals surface area contributed by atoms with Crippen LogP contribution < -0.4 is 9.47 Å². The number of carboxylic acids is 1. The molecule has 1 heterocycles. The molecule has 0 spiro atoms. The van der Waals surface area contributed by atoms with E-state index in [2.05, 4.69) is 11.1 Å². The van der Waals surface area contributed by atoms with Gasteiger partial charge in [-0.3, -0.25) is 0 Å². The minimum atomic E-state index is -1.02. The Bertz CT molecular complexity index is 1020. The highest BCUT2D eigenvalue weighted by Gasteiger charge is 2.13. The van der Waals surface area contributed by atoms with E-state index in [-0.39, 0.29) is 0 Å². The van der Waals surface area contributed by atoms with E-state index >= 15 is 0 Å². The molecule has 1 N–H and O–H groups in total. The normalized spacial score (nSPS) is 11.5. The van der Waals surface area contributed by atoms with Crippen LogP contribution in [0.5, 0.6) is 11.5 Å². The van der Waals surface area contributed by atoms with Crippen molar-refractivity contribution in [1.29, 1.82) is 5.26 Å². The van der Waals surface area contributed by atoms with Gasteiger partial charge in [-0.2, -0.15) is 5.26 Å². The number of hydrogen-bond donors (Lipinski definition) is 1. The van der Waals surface area contributed by atoms with Crippen molar-refractivity contribution in [3.8, 4) is 29.0 Å². The first-order valence-electron chi connectivity index (χ1n) is 9.05. The van der Waals surface area contributed by atoms with Crippen LogP contribution >= 0.6 is 0 Å². The lowest BCUT2D eigenvalue weighted by molar-refractivity contribution is -0.144. The number of carboxylic acid groups (broad SMARTS) is 1. The minimum absolute atomic E-state index is 0.409. The number of carbonyl (C=O) groups is 1. The highest BCUT2D eigenvalue weighted by molar-refractivity contribution is 5.72. The number of hydrogen-bond acceptors (Lipinski definition) is 6. The van der Waals surface area contributed by atoms with Crippen LogP contribution in [0.2, 0.25) is 0 Å². The minimum Gasteiger partial charge on any atom is -0.493 e. The first-order valence-corrected chi connectivity index (χ1v) is 9.05. The van der Waals surface area contributed by atoms with Gasteiger partial charge in [-0.15, -0.1) is 0 Å². The lowest BCUT2D eigenvalue weighted by atomic mass is 10.1. The molecule has 0 aliphatic heterocycles. The van der Waals surface area contributed by atoms with Crippen molar-refractivity contribution < 1.29 is 23.8 Å². The third-order valence-electron chi connectivity index (χ3n) is 4.25. The third kappa shape index (κ3) is 5.14.